The molecule has 0 spiro atoms. The number of alkyl carbamates (subject to hydrolysis) is 1. The summed E-state index contributed by atoms with van der Waals surface area (Å²) in [6.07, 6.45) is 1.45. The van der Waals surface area contributed by atoms with Crippen LogP contribution in [-0.2, 0) is 19.5 Å². The Balaban J connectivity index is 2.40. The van der Waals surface area contributed by atoms with Crippen LogP contribution in [0.3, 0.4) is 0 Å². The van der Waals surface area contributed by atoms with Gasteiger partial charge in [0.05, 0.1) is 11.2 Å². The first-order valence-electron chi connectivity index (χ1n) is 10.8. The van der Waals surface area contributed by atoms with Gasteiger partial charge < -0.3 is 25.1 Å². The summed E-state index contributed by atoms with van der Waals surface area (Å²) in [4.78, 5) is 12.3. The van der Waals surface area contributed by atoms with Crippen molar-refractivity contribution >= 4 is 25.0 Å². The number of nitrogens with two attached hydrogens (primary N) is 1. The predicted octanol–water partition coefficient (Wildman–Crippen LogP) is 5.11. The monoisotopic (exact) mass is 430 g/mol. The second kappa shape index (κ2) is 8.51. The van der Waals surface area contributed by atoms with E-state index in [2.05, 4.69) is 32.2 Å². The van der Waals surface area contributed by atoms with E-state index in [1.165, 1.54) is 5.56 Å². The fraction of sp³-hybridized carbons (Fsp3) is 0.625. The van der Waals surface area contributed by atoms with Gasteiger partial charge in [0.25, 0.3) is 0 Å². The number of hydrogen-bond acceptors (Lipinski definition) is 5. The summed E-state index contributed by atoms with van der Waals surface area (Å²) in [5, 5.41) is 2.83. The predicted molar refractivity (Wildman–Crippen MR) is 128 cm³/mol. The Labute approximate surface area is 188 Å². The first kappa shape index (κ1) is 25.3. The molecule has 3 N–H and O–H groups in total. The van der Waals surface area contributed by atoms with E-state index in [1.54, 1.807) is 0 Å². The van der Waals surface area contributed by atoms with E-state index >= 15 is 0 Å². The van der Waals surface area contributed by atoms with Crippen LogP contribution in [0.1, 0.15) is 80.4 Å². The molecular weight excluding hydrogens is 391 g/mol. The van der Waals surface area contributed by atoms with Gasteiger partial charge in [0, 0.05) is 12.2 Å². The Bertz CT molecular complexity index is 832. The number of ether oxygens (including phenoxy) is 1. The summed E-state index contributed by atoms with van der Waals surface area (Å²) in [6, 6.07) is 6.03. The summed E-state index contributed by atoms with van der Waals surface area (Å²) < 4.78 is 17.9. The number of hydrogen-bond donors (Lipinski definition) is 2. The molecule has 0 radical (unpaired) electrons. The molecule has 7 heteroatoms. The zero-order chi connectivity index (χ0) is 23.8. The van der Waals surface area contributed by atoms with E-state index in [1.807, 2.05) is 66.7 Å². The van der Waals surface area contributed by atoms with Crippen molar-refractivity contribution in [3.05, 3.63) is 34.8 Å². The molecule has 1 saturated heterocycles. The highest BCUT2D eigenvalue weighted by atomic mass is 16.7. The van der Waals surface area contributed by atoms with E-state index in [9.17, 15) is 4.79 Å². The topological polar surface area (TPSA) is 82.8 Å². The minimum atomic E-state index is -0.613. The minimum absolute atomic E-state index is 0.0183. The molecule has 0 aromatic heterocycles. The standard InChI is InChI=1S/C24H39BN2O4/c1-21(2,3)17-11-12-19(26)16(13-17)14-18(15-27-20(28)29-22(4,5)6)25-30-23(7,8)24(9,10)31-25/h11-14H,15,26H2,1-10H3,(H,27,28). The first-order valence-corrected chi connectivity index (χ1v) is 10.8. The molecule has 31 heavy (non-hydrogen) atoms. The van der Waals surface area contributed by atoms with Gasteiger partial charge in [0.15, 0.2) is 0 Å². The van der Waals surface area contributed by atoms with Gasteiger partial charge in [0.1, 0.15) is 5.60 Å². The van der Waals surface area contributed by atoms with Crippen LogP contribution in [0.5, 0.6) is 0 Å². The molecule has 1 aliphatic heterocycles. The highest BCUT2D eigenvalue weighted by molar-refractivity contribution is 6.56. The molecule has 6 nitrogen and oxygen atoms in total. The van der Waals surface area contributed by atoms with Crippen molar-refractivity contribution in [3.63, 3.8) is 0 Å². The van der Waals surface area contributed by atoms with Gasteiger partial charge in [-0.1, -0.05) is 32.9 Å². The van der Waals surface area contributed by atoms with Crippen LogP contribution >= 0.6 is 0 Å². The number of carbonyl (C=O) groups excluding carboxylic acids is 1. The normalized spacial score (nSPS) is 18.8. The molecule has 0 aliphatic carbocycles. The Hall–Kier alpha value is -1.99. The molecule has 1 aromatic rings. The first-order chi connectivity index (χ1) is 13.9. The number of anilines is 1. The number of nitrogens with one attached hydrogen (secondary N) is 1. The number of amides is 1. The quantitative estimate of drug-likeness (QED) is 0.513. The van der Waals surface area contributed by atoms with Gasteiger partial charge in [-0.25, -0.2) is 4.79 Å². The minimum Gasteiger partial charge on any atom is -0.444 e. The Kier molecular flexibility index (Phi) is 6.94. The molecule has 0 bridgehead atoms. The third kappa shape index (κ3) is 6.50. The third-order valence-corrected chi connectivity index (χ3v) is 5.69. The molecule has 0 unspecified atom stereocenters. The molecule has 1 heterocycles. The summed E-state index contributed by atoms with van der Waals surface area (Å²) >= 11 is 0. The van der Waals surface area contributed by atoms with Crippen molar-refractivity contribution in [3.8, 4) is 0 Å². The zero-order valence-electron chi connectivity index (χ0n) is 20.8. The zero-order valence-corrected chi connectivity index (χ0v) is 20.8. The van der Waals surface area contributed by atoms with Gasteiger partial charge in [-0.3, -0.25) is 0 Å². The SMILES string of the molecule is CC(C)(C)OC(=O)NCC(=Cc1cc(C(C)(C)C)ccc1N)B1OC(C)(C)C(C)(C)O1. The average molecular weight is 430 g/mol. The average Bonchev–Trinajstić information content (AvgIpc) is 2.78. The molecule has 1 aromatic carbocycles. The lowest BCUT2D eigenvalue weighted by molar-refractivity contribution is 0.00578. The van der Waals surface area contributed by atoms with Gasteiger partial charge >= 0.3 is 13.2 Å². The lowest BCUT2D eigenvalue weighted by atomic mass is 9.76. The van der Waals surface area contributed by atoms with E-state index in [0.29, 0.717) is 5.69 Å². The number of rotatable bonds is 4. The number of carbonyl (C=O) groups is 1. The van der Waals surface area contributed by atoms with Crippen LogP contribution in [0.15, 0.2) is 23.7 Å². The second-order valence-corrected chi connectivity index (χ2v) is 11.3. The van der Waals surface area contributed by atoms with E-state index < -0.39 is 30.0 Å². The largest absolute Gasteiger partial charge is 0.492 e. The Morgan fingerprint density at radius 2 is 1.65 bits per heavy atom. The van der Waals surface area contributed by atoms with Gasteiger partial charge in [0.2, 0.25) is 0 Å². The Morgan fingerprint density at radius 1 is 1.10 bits per heavy atom. The lowest BCUT2D eigenvalue weighted by Crippen LogP contribution is -2.41. The maximum atomic E-state index is 12.3. The van der Waals surface area contributed by atoms with E-state index in [-0.39, 0.29) is 12.0 Å². The maximum absolute atomic E-state index is 12.3. The second-order valence-electron chi connectivity index (χ2n) is 11.3. The van der Waals surface area contributed by atoms with Crippen molar-refractivity contribution in [2.75, 3.05) is 12.3 Å². The summed E-state index contributed by atoms with van der Waals surface area (Å²) in [6.45, 7) is 20.2. The summed E-state index contributed by atoms with van der Waals surface area (Å²) in [5.41, 5.74) is 8.14. The molecule has 1 amide bonds. The highest BCUT2D eigenvalue weighted by Gasteiger charge is 2.52. The molecule has 0 saturated carbocycles. The summed E-state index contributed by atoms with van der Waals surface area (Å²) in [7, 11) is -0.613. The van der Waals surface area contributed by atoms with E-state index in [0.717, 1.165) is 11.0 Å². The van der Waals surface area contributed by atoms with E-state index in [4.69, 9.17) is 19.8 Å². The summed E-state index contributed by atoms with van der Waals surface area (Å²) in [5.74, 6) is 0. The molecule has 1 fully saturated rings. The molecular formula is C24H39BN2O4. The fourth-order valence-electron chi connectivity index (χ4n) is 3.05. The maximum Gasteiger partial charge on any atom is 0.492 e. The third-order valence-electron chi connectivity index (χ3n) is 5.69. The van der Waals surface area contributed by atoms with Crippen molar-refractivity contribution in [1.29, 1.82) is 0 Å². The van der Waals surface area contributed by atoms with Gasteiger partial charge in [-0.2, -0.15) is 0 Å². The van der Waals surface area contributed by atoms with Crippen molar-refractivity contribution in [2.24, 2.45) is 0 Å². The highest BCUT2D eigenvalue weighted by Crippen LogP contribution is 2.39. The van der Waals surface area contributed by atoms with Crippen molar-refractivity contribution in [2.45, 2.75) is 91.5 Å². The van der Waals surface area contributed by atoms with Crippen LogP contribution in [0.4, 0.5) is 10.5 Å². The lowest BCUT2D eigenvalue weighted by Gasteiger charge is -2.32. The fourth-order valence-corrected chi connectivity index (χ4v) is 3.05. The van der Waals surface area contributed by atoms with Crippen LogP contribution in [-0.4, -0.2) is 36.6 Å². The molecule has 1 aliphatic rings. The van der Waals surface area contributed by atoms with Crippen molar-refractivity contribution in [1.82, 2.24) is 5.32 Å². The Morgan fingerprint density at radius 3 is 2.13 bits per heavy atom. The van der Waals surface area contributed by atoms with Crippen LogP contribution in [0.25, 0.3) is 6.08 Å². The van der Waals surface area contributed by atoms with Crippen LogP contribution in [0.2, 0.25) is 0 Å². The molecule has 172 valence electrons. The van der Waals surface area contributed by atoms with Crippen molar-refractivity contribution < 1.29 is 18.8 Å². The smallest absolute Gasteiger partial charge is 0.444 e. The molecule has 0 atom stereocenters. The van der Waals surface area contributed by atoms with Gasteiger partial charge in [-0.15, -0.1) is 0 Å². The number of benzene rings is 1. The number of nitrogen functional groups attached to an aromatic ring is 1. The van der Waals surface area contributed by atoms with Gasteiger partial charge in [-0.05, 0) is 82.6 Å². The van der Waals surface area contributed by atoms with Crippen LogP contribution < -0.4 is 11.1 Å². The van der Waals surface area contributed by atoms with Crippen LogP contribution in [0, 0.1) is 0 Å². The molecule has 2 rings (SSSR count).